The first kappa shape index (κ1) is 20.8. The van der Waals surface area contributed by atoms with Crippen molar-refractivity contribution in [1.29, 1.82) is 0 Å². The van der Waals surface area contributed by atoms with Crippen LogP contribution in [0.4, 0.5) is 27.6 Å². The van der Waals surface area contributed by atoms with Crippen molar-refractivity contribution >= 4 is 26.7 Å². The van der Waals surface area contributed by atoms with Crippen LogP contribution in [0.3, 0.4) is 0 Å². The highest BCUT2D eigenvalue weighted by Crippen LogP contribution is 2.33. The summed E-state index contributed by atoms with van der Waals surface area (Å²) in [5, 5.41) is 0. The fourth-order valence-corrected chi connectivity index (χ4v) is 4.25. The maximum atomic E-state index is 14.0. The molecule has 0 unspecified atom stereocenters. The molecule has 1 aromatic heterocycles. The Labute approximate surface area is 172 Å². The average molecular weight is 453 g/mol. The summed E-state index contributed by atoms with van der Waals surface area (Å²) in [5.74, 6) is -2.47. The number of aromatic amines is 1. The zero-order valence-electron chi connectivity index (χ0n) is 15.3. The van der Waals surface area contributed by atoms with Gasteiger partial charge in [0.05, 0.1) is 22.3 Å². The van der Waals surface area contributed by atoms with E-state index in [1.54, 1.807) is 6.07 Å². The number of para-hydroxylation sites is 1. The molecular weight excluding hydrogens is 441 g/mol. The molecule has 0 saturated carbocycles. The van der Waals surface area contributed by atoms with Crippen LogP contribution in [0.25, 0.3) is 22.4 Å². The number of hydrogen-bond acceptors (Lipinski definition) is 3. The summed E-state index contributed by atoms with van der Waals surface area (Å²) in [5.41, 5.74) is -0.463. The molecule has 0 fully saturated rings. The second kappa shape index (κ2) is 7.34. The lowest BCUT2D eigenvalue weighted by Gasteiger charge is -2.12. The lowest BCUT2D eigenvalue weighted by atomic mass is 10.2. The first-order chi connectivity index (χ1) is 14.6. The average Bonchev–Trinajstić information content (AvgIpc) is 3.10. The first-order valence-corrected chi connectivity index (χ1v) is 10.2. The lowest BCUT2D eigenvalue weighted by molar-refractivity contribution is -0.137. The van der Waals surface area contributed by atoms with Crippen molar-refractivity contribution in [2.45, 2.75) is 11.1 Å². The van der Waals surface area contributed by atoms with E-state index in [9.17, 15) is 30.4 Å². The Morgan fingerprint density at radius 3 is 2.26 bits per heavy atom. The third-order valence-electron chi connectivity index (χ3n) is 4.42. The van der Waals surface area contributed by atoms with E-state index in [1.165, 1.54) is 24.3 Å². The van der Waals surface area contributed by atoms with Crippen molar-refractivity contribution < 1.29 is 30.4 Å². The largest absolute Gasteiger partial charge is 0.416 e. The van der Waals surface area contributed by atoms with Gasteiger partial charge in [-0.2, -0.15) is 13.2 Å². The maximum absolute atomic E-state index is 14.0. The lowest BCUT2D eigenvalue weighted by Crippen LogP contribution is -2.17. The highest BCUT2D eigenvalue weighted by molar-refractivity contribution is 7.92. The van der Waals surface area contributed by atoms with Gasteiger partial charge in [-0.3, -0.25) is 4.72 Å². The quantitative estimate of drug-likeness (QED) is 0.411. The van der Waals surface area contributed by atoms with Gasteiger partial charge in [0, 0.05) is 5.56 Å². The summed E-state index contributed by atoms with van der Waals surface area (Å²) in [4.78, 5) is 5.77. The Bertz CT molecular complexity index is 1380. The van der Waals surface area contributed by atoms with Gasteiger partial charge in [0.15, 0.2) is 4.90 Å². The van der Waals surface area contributed by atoms with Crippen LogP contribution in [-0.2, 0) is 16.2 Å². The molecule has 0 amide bonds. The number of sulfonamides is 1. The second-order valence-electron chi connectivity index (χ2n) is 6.52. The molecule has 4 rings (SSSR count). The zero-order valence-corrected chi connectivity index (χ0v) is 16.2. The van der Waals surface area contributed by atoms with E-state index in [1.807, 2.05) is 0 Å². The van der Waals surface area contributed by atoms with Crippen molar-refractivity contribution in [3.05, 3.63) is 77.9 Å². The van der Waals surface area contributed by atoms with Crippen LogP contribution < -0.4 is 4.72 Å². The van der Waals surface area contributed by atoms with Crippen LogP contribution in [0, 0.1) is 11.6 Å². The van der Waals surface area contributed by atoms with E-state index in [2.05, 4.69) is 14.7 Å². The van der Waals surface area contributed by atoms with Crippen LogP contribution in [0.5, 0.6) is 0 Å². The number of rotatable bonds is 4. The number of imidazole rings is 1. The topological polar surface area (TPSA) is 74.8 Å². The minimum atomic E-state index is -4.65. The Morgan fingerprint density at radius 2 is 1.58 bits per heavy atom. The molecule has 0 aliphatic carbocycles. The van der Waals surface area contributed by atoms with Gasteiger partial charge in [-0.25, -0.2) is 22.2 Å². The number of aromatic nitrogens is 2. The normalized spacial score (nSPS) is 12.3. The SMILES string of the molecule is O=S(=O)(Nc1ccccc1-c1nc2ccc(C(F)(F)F)cc2[nH]1)c1c(F)cccc1F. The summed E-state index contributed by atoms with van der Waals surface area (Å²) in [7, 11) is -4.65. The fraction of sp³-hybridized carbons (Fsp3) is 0.0500. The van der Waals surface area contributed by atoms with Crippen LogP contribution in [0.1, 0.15) is 5.56 Å². The van der Waals surface area contributed by atoms with Gasteiger partial charge in [0.2, 0.25) is 0 Å². The van der Waals surface area contributed by atoms with Crippen molar-refractivity contribution in [3.8, 4) is 11.4 Å². The Morgan fingerprint density at radius 1 is 0.903 bits per heavy atom. The zero-order chi connectivity index (χ0) is 22.4. The smallest absolute Gasteiger partial charge is 0.338 e. The maximum Gasteiger partial charge on any atom is 0.416 e. The van der Waals surface area contributed by atoms with E-state index in [-0.39, 0.29) is 28.1 Å². The Kier molecular flexibility index (Phi) is 4.92. The monoisotopic (exact) mass is 453 g/mol. The summed E-state index contributed by atoms with van der Waals surface area (Å²) in [6.07, 6.45) is -4.54. The van der Waals surface area contributed by atoms with Gasteiger partial charge in [-0.05, 0) is 42.5 Å². The predicted molar refractivity (Wildman–Crippen MR) is 104 cm³/mol. The number of alkyl halides is 3. The standard InChI is InChI=1S/C20H12F5N3O2S/c21-13-5-3-6-14(22)18(13)31(29,30)28-15-7-2-1-4-12(15)19-26-16-9-8-11(20(23,24)25)10-17(16)27-19/h1-10,28H,(H,26,27). The van der Waals surface area contributed by atoms with E-state index >= 15 is 0 Å². The van der Waals surface area contributed by atoms with E-state index in [0.29, 0.717) is 0 Å². The number of nitrogens with one attached hydrogen (secondary N) is 2. The number of benzene rings is 3. The van der Waals surface area contributed by atoms with Crippen molar-refractivity contribution in [2.24, 2.45) is 0 Å². The van der Waals surface area contributed by atoms with Crippen molar-refractivity contribution in [2.75, 3.05) is 4.72 Å². The first-order valence-electron chi connectivity index (χ1n) is 8.69. The van der Waals surface area contributed by atoms with Gasteiger partial charge in [-0.1, -0.05) is 18.2 Å². The molecule has 0 saturated heterocycles. The number of H-pyrrole nitrogens is 1. The highest BCUT2D eigenvalue weighted by atomic mass is 32.2. The van der Waals surface area contributed by atoms with Crippen molar-refractivity contribution in [3.63, 3.8) is 0 Å². The number of anilines is 1. The molecule has 0 atom stereocenters. The van der Waals surface area contributed by atoms with Gasteiger partial charge < -0.3 is 4.98 Å². The molecule has 0 aliphatic rings. The molecule has 4 aromatic rings. The third kappa shape index (κ3) is 3.96. The molecule has 3 aromatic carbocycles. The summed E-state index contributed by atoms with van der Waals surface area (Å²) >= 11 is 0. The van der Waals surface area contributed by atoms with Crippen molar-refractivity contribution in [1.82, 2.24) is 9.97 Å². The third-order valence-corrected chi connectivity index (χ3v) is 5.84. The number of nitrogens with zero attached hydrogens (tertiary/aromatic N) is 1. The van der Waals surface area contributed by atoms with Crippen LogP contribution in [-0.4, -0.2) is 18.4 Å². The van der Waals surface area contributed by atoms with Gasteiger partial charge >= 0.3 is 6.18 Å². The van der Waals surface area contributed by atoms with Gasteiger partial charge in [-0.15, -0.1) is 0 Å². The summed E-state index contributed by atoms with van der Waals surface area (Å²) in [6, 6.07) is 11.4. The minimum Gasteiger partial charge on any atom is -0.338 e. The molecular formula is C20H12F5N3O2S. The molecule has 0 aliphatic heterocycles. The molecule has 0 radical (unpaired) electrons. The number of hydrogen-bond donors (Lipinski definition) is 2. The molecule has 0 spiro atoms. The Balaban J connectivity index is 1.78. The number of fused-ring (bicyclic) bond motifs is 1. The summed E-state index contributed by atoms with van der Waals surface area (Å²) < 4.78 is 94.1. The second-order valence-corrected chi connectivity index (χ2v) is 8.14. The van der Waals surface area contributed by atoms with E-state index < -0.39 is 38.3 Å². The molecule has 2 N–H and O–H groups in total. The highest BCUT2D eigenvalue weighted by Gasteiger charge is 2.31. The van der Waals surface area contributed by atoms with Crippen LogP contribution in [0.15, 0.2) is 65.6 Å². The van der Waals surface area contributed by atoms with Crippen LogP contribution >= 0.6 is 0 Å². The molecule has 31 heavy (non-hydrogen) atoms. The molecule has 1 heterocycles. The van der Waals surface area contributed by atoms with Crippen LogP contribution in [0.2, 0.25) is 0 Å². The molecule has 11 heteroatoms. The van der Waals surface area contributed by atoms with E-state index in [0.717, 1.165) is 30.3 Å². The van der Waals surface area contributed by atoms with Gasteiger partial charge in [0.1, 0.15) is 17.5 Å². The molecule has 0 bridgehead atoms. The minimum absolute atomic E-state index is 0.0692. The molecule has 5 nitrogen and oxygen atoms in total. The van der Waals surface area contributed by atoms with E-state index in [4.69, 9.17) is 0 Å². The number of halogens is 5. The summed E-state index contributed by atoms with van der Waals surface area (Å²) in [6.45, 7) is 0. The van der Waals surface area contributed by atoms with Gasteiger partial charge in [0.25, 0.3) is 10.0 Å². The fourth-order valence-electron chi connectivity index (χ4n) is 3.03. The Hall–Kier alpha value is -3.47. The predicted octanol–water partition coefficient (Wildman–Crippen LogP) is 5.33. The molecule has 160 valence electrons.